The second-order valence-corrected chi connectivity index (χ2v) is 7.96. The maximum absolute atomic E-state index is 2.29. The molecule has 0 unspecified atom stereocenters. The van der Waals surface area contributed by atoms with Crippen LogP contribution >= 0.6 is 0 Å². The molecule has 0 heterocycles. The highest BCUT2D eigenvalue weighted by molar-refractivity contribution is 7.97. The average Bonchev–Trinajstić information content (AvgIpc) is 2.81. The van der Waals surface area contributed by atoms with Crippen molar-refractivity contribution >= 4 is 10.9 Å². The summed E-state index contributed by atoms with van der Waals surface area (Å²) in [5.41, 5.74) is 4.01. The Morgan fingerprint density at radius 2 is 0.759 bits per heavy atom. The molecule has 0 bridgehead atoms. The Labute approximate surface area is 183 Å². The summed E-state index contributed by atoms with van der Waals surface area (Å²) in [5, 5.41) is 0. The lowest BCUT2D eigenvalue weighted by Crippen LogP contribution is -2.05. The van der Waals surface area contributed by atoms with E-state index in [1.807, 2.05) is 41.5 Å². The van der Waals surface area contributed by atoms with E-state index in [1.54, 1.807) is 0 Å². The first kappa shape index (κ1) is 27.0. The topological polar surface area (TPSA) is 0 Å². The van der Waals surface area contributed by atoms with Crippen LogP contribution in [0.25, 0.3) is 0 Å². The van der Waals surface area contributed by atoms with Gasteiger partial charge in [0.05, 0.1) is 10.9 Å². The Kier molecular flexibility index (Phi) is 14.8. The van der Waals surface area contributed by atoms with Gasteiger partial charge in [-0.2, -0.15) is 0 Å². The van der Waals surface area contributed by atoms with Gasteiger partial charge in [0, 0.05) is 0 Å². The zero-order valence-corrected chi connectivity index (χ0v) is 20.9. The fraction of sp³-hybridized carbons (Fsp3) is 0.357. The zero-order chi connectivity index (χ0) is 22.2. The summed E-state index contributed by atoms with van der Waals surface area (Å²) in [6, 6.07) is 27.0. The van der Waals surface area contributed by atoms with Crippen LogP contribution in [0.1, 0.15) is 65.2 Å². The van der Waals surface area contributed by atoms with Crippen LogP contribution in [0, 0.1) is 13.8 Å². The lowest BCUT2D eigenvalue weighted by Gasteiger charge is -2.09. The third-order valence-corrected chi connectivity index (χ3v) is 6.31. The van der Waals surface area contributed by atoms with Crippen LogP contribution in [0.3, 0.4) is 0 Å². The number of aryl methyl sites for hydroxylation is 3. The molecule has 3 aromatic rings. The molecular formula is C28H41S+. The Balaban J connectivity index is 0.00000120. The third kappa shape index (κ3) is 8.50. The fourth-order valence-corrected chi connectivity index (χ4v) is 4.66. The van der Waals surface area contributed by atoms with Crippen molar-refractivity contribution in [3.8, 4) is 0 Å². The van der Waals surface area contributed by atoms with Crippen LogP contribution in [0.15, 0.2) is 87.5 Å². The van der Waals surface area contributed by atoms with Gasteiger partial charge in [-0.15, -0.1) is 0 Å². The minimum absolute atomic E-state index is 0.0414. The first-order valence-electron chi connectivity index (χ1n) is 11.1. The SMILES string of the molecule is CC.CC.CC.CCc1ccc([S+](c2ccc(C)cc2)c2ccc(C)cc2)cc1. The molecule has 1 heteroatoms. The minimum atomic E-state index is -0.0414. The molecule has 0 amide bonds. The third-order valence-electron chi connectivity index (χ3n) is 4.08. The first-order chi connectivity index (χ1) is 14.2. The van der Waals surface area contributed by atoms with Crippen LogP contribution in [0.5, 0.6) is 0 Å². The van der Waals surface area contributed by atoms with Crippen LogP contribution in [0.2, 0.25) is 0 Å². The molecule has 0 nitrogen and oxygen atoms in total. The van der Waals surface area contributed by atoms with E-state index in [-0.39, 0.29) is 10.9 Å². The van der Waals surface area contributed by atoms with Gasteiger partial charge in [0.25, 0.3) is 0 Å². The van der Waals surface area contributed by atoms with Crippen molar-refractivity contribution in [3.05, 3.63) is 89.5 Å². The molecule has 0 saturated carbocycles. The second kappa shape index (κ2) is 15.9. The highest BCUT2D eigenvalue weighted by atomic mass is 32.2. The van der Waals surface area contributed by atoms with E-state index >= 15 is 0 Å². The quantitative estimate of drug-likeness (QED) is 0.377. The van der Waals surface area contributed by atoms with Gasteiger partial charge >= 0.3 is 0 Å². The fourth-order valence-electron chi connectivity index (χ4n) is 2.62. The molecule has 0 aromatic heterocycles. The highest BCUT2D eigenvalue weighted by Gasteiger charge is 2.28. The van der Waals surface area contributed by atoms with Gasteiger partial charge in [-0.25, -0.2) is 0 Å². The molecule has 158 valence electrons. The van der Waals surface area contributed by atoms with Crippen molar-refractivity contribution < 1.29 is 0 Å². The monoisotopic (exact) mass is 409 g/mol. The molecule has 0 spiro atoms. The standard InChI is InChI=1S/C22H23S.3C2H6/c1-4-19-9-15-22(16-10-19)23(20-11-5-17(2)6-12-20)21-13-7-18(3)8-14-21;3*1-2/h5-16H,4H2,1-3H3;3*1-2H3/q+1;;;. The number of rotatable bonds is 4. The van der Waals surface area contributed by atoms with Gasteiger partial charge < -0.3 is 0 Å². The van der Waals surface area contributed by atoms with Crippen molar-refractivity contribution in [3.63, 3.8) is 0 Å². The van der Waals surface area contributed by atoms with Gasteiger partial charge in [0.2, 0.25) is 0 Å². The van der Waals surface area contributed by atoms with Crippen molar-refractivity contribution in [2.75, 3.05) is 0 Å². The summed E-state index contributed by atoms with van der Waals surface area (Å²) in [6.07, 6.45) is 1.09. The van der Waals surface area contributed by atoms with Gasteiger partial charge in [-0.05, 0) is 62.2 Å². The van der Waals surface area contributed by atoms with Crippen LogP contribution < -0.4 is 0 Å². The Hall–Kier alpha value is -1.99. The minimum Gasteiger partial charge on any atom is -0.0683 e. The summed E-state index contributed by atoms with van der Waals surface area (Å²) in [5.74, 6) is 0. The van der Waals surface area contributed by atoms with Crippen molar-refractivity contribution in [2.45, 2.75) is 83.4 Å². The average molecular weight is 410 g/mol. The molecule has 0 N–H and O–H groups in total. The predicted molar refractivity (Wildman–Crippen MR) is 134 cm³/mol. The van der Waals surface area contributed by atoms with Gasteiger partial charge in [0.1, 0.15) is 0 Å². The summed E-state index contributed by atoms with van der Waals surface area (Å²) in [7, 11) is -0.0414. The highest BCUT2D eigenvalue weighted by Crippen LogP contribution is 2.31. The number of hydrogen-bond donors (Lipinski definition) is 0. The zero-order valence-electron chi connectivity index (χ0n) is 20.0. The Morgan fingerprint density at radius 3 is 1.03 bits per heavy atom. The Bertz CT molecular complexity index is 707. The van der Waals surface area contributed by atoms with E-state index in [4.69, 9.17) is 0 Å². The summed E-state index contributed by atoms with van der Waals surface area (Å²) in [6.45, 7) is 18.5. The summed E-state index contributed by atoms with van der Waals surface area (Å²) < 4.78 is 0. The van der Waals surface area contributed by atoms with Crippen LogP contribution in [-0.4, -0.2) is 0 Å². The first-order valence-corrected chi connectivity index (χ1v) is 12.4. The molecule has 3 aromatic carbocycles. The van der Waals surface area contributed by atoms with Gasteiger partial charge in [-0.3, -0.25) is 0 Å². The van der Waals surface area contributed by atoms with Gasteiger partial charge in [0.15, 0.2) is 14.7 Å². The maximum Gasteiger partial charge on any atom is 0.166 e. The van der Waals surface area contributed by atoms with Gasteiger partial charge in [-0.1, -0.05) is 96.0 Å². The molecule has 0 aliphatic carbocycles. The normalized spacial score (nSPS) is 9.31. The van der Waals surface area contributed by atoms with E-state index in [0.29, 0.717) is 0 Å². The van der Waals surface area contributed by atoms with Crippen LogP contribution in [-0.2, 0) is 17.3 Å². The van der Waals surface area contributed by atoms with Crippen molar-refractivity contribution in [1.82, 2.24) is 0 Å². The maximum atomic E-state index is 2.29. The molecule has 0 saturated heterocycles. The number of benzene rings is 3. The van der Waals surface area contributed by atoms with Crippen LogP contribution in [0.4, 0.5) is 0 Å². The lowest BCUT2D eigenvalue weighted by molar-refractivity contribution is 1.13. The van der Waals surface area contributed by atoms with E-state index in [2.05, 4.69) is 93.6 Å². The van der Waals surface area contributed by atoms with E-state index < -0.39 is 0 Å². The van der Waals surface area contributed by atoms with Crippen molar-refractivity contribution in [2.24, 2.45) is 0 Å². The number of hydrogen-bond acceptors (Lipinski definition) is 0. The molecular weight excluding hydrogens is 368 g/mol. The second-order valence-electron chi connectivity index (χ2n) is 5.93. The molecule has 0 aliphatic rings. The summed E-state index contributed by atoms with van der Waals surface area (Å²) >= 11 is 0. The van der Waals surface area contributed by atoms with E-state index in [1.165, 1.54) is 31.4 Å². The van der Waals surface area contributed by atoms with Crippen molar-refractivity contribution in [1.29, 1.82) is 0 Å². The summed E-state index contributed by atoms with van der Waals surface area (Å²) in [4.78, 5) is 4.14. The lowest BCUT2D eigenvalue weighted by atomic mass is 10.2. The molecule has 0 atom stereocenters. The molecule has 0 fully saturated rings. The Morgan fingerprint density at radius 1 is 0.483 bits per heavy atom. The molecule has 0 aliphatic heterocycles. The molecule has 0 radical (unpaired) electrons. The van der Waals surface area contributed by atoms with E-state index in [0.717, 1.165) is 6.42 Å². The van der Waals surface area contributed by atoms with E-state index in [9.17, 15) is 0 Å². The predicted octanol–water partition coefficient (Wildman–Crippen LogP) is 9.04. The largest absolute Gasteiger partial charge is 0.166 e. The molecule has 29 heavy (non-hydrogen) atoms. The molecule has 3 rings (SSSR count). The smallest absolute Gasteiger partial charge is 0.0683 e.